The van der Waals surface area contributed by atoms with Crippen molar-refractivity contribution < 1.29 is 4.79 Å². The maximum absolute atomic E-state index is 12.2. The molecule has 0 bridgehead atoms. The number of nitrogens with one attached hydrogen (secondary N) is 2. The average Bonchev–Trinajstić information content (AvgIpc) is 2.77. The SMILES string of the molecule is CC(C)C(C)(CN)NC(=O)c1cc(C(C)(C)C)[nH]n1.Cl. The molecule has 5 nitrogen and oxygen atoms in total. The first-order valence-electron chi connectivity index (χ1n) is 6.68. The number of hydrogen-bond donors (Lipinski definition) is 3. The topological polar surface area (TPSA) is 83.8 Å². The largest absolute Gasteiger partial charge is 0.344 e. The number of hydrogen-bond acceptors (Lipinski definition) is 3. The highest BCUT2D eigenvalue weighted by molar-refractivity contribution is 5.93. The third kappa shape index (κ3) is 4.21. The number of aromatic nitrogens is 2. The second-order valence-corrected chi connectivity index (χ2v) is 6.65. The van der Waals surface area contributed by atoms with E-state index in [1.54, 1.807) is 6.07 Å². The van der Waals surface area contributed by atoms with Crippen LogP contribution in [0.2, 0.25) is 0 Å². The summed E-state index contributed by atoms with van der Waals surface area (Å²) in [5.41, 5.74) is 6.64. The lowest BCUT2D eigenvalue weighted by atomic mass is 9.88. The molecule has 1 aromatic heterocycles. The Balaban J connectivity index is 0.00000361. The van der Waals surface area contributed by atoms with E-state index >= 15 is 0 Å². The summed E-state index contributed by atoms with van der Waals surface area (Å²) < 4.78 is 0. The number of H-pyrrole nitrogens is 1. The molecule has 0 aliphatic heterocycles. The lowest BCUT2D eigenvalue weighted by Crippen LogP contribution is -2.55. The van der Waals surface area contributed by atoms with E-state index in [1.165, 1.54) is 0 Å². The third-order valence-corrected chi connectivity index (χ3v) is 3.72. The first-order chi connectivity index (χ1) is 8.60. The number of amides is 1. The Morgan fingerprint density at radius 2 is 1.95 bits per heavy atom. The highest BCUT2D eigenvalue weighted by Gasteiger charge is 2.30. The van der Waals surface area contributed by atoms with E-state index in [-0.39, 0.29) is 29.6 Å². The number of rotatable bonds is 4. The van der Waals surface area contributed by atoms with Crippen molar-refractivity contribution in [2.75, 3.05) is 6.54 Å². The quantitative estimate of drug-likeness (QED) is 0.797. The number of halogens is 1. The van der Waals surface area contributed by atoms with Gasteiger partial charge < -0.3 is 11.1 Å². The van der Waals surface area contributed by atoms with Gasteiger partial charge in [0.2, 0.25) is 0 Å². The van der Waals surface area contributed by atoms with Gasteiger partial charge in [0.15, 0.2) is 0 Å². The van der Waals surface area contributed by atoms with Gasteiger partial charge >= 0.3 is 0 Å². The molecule has 0 aliphatic carbocycles. The van der Waals surface area contributed by atoms with Crippen LogP contribution in [0.25, 0.3) is 0 Å². The molecule has 0 aliphatic rings. The fourth-order valence-corrected chi connectivity index (χ4v) is 1.58. The predicted octanol–water partition coefficient (Wildman–Crippen LogP) is 2.23. The Morgan fingerprint density at radius 3 is 2.30 bits per heavy atom. The van der Waals surface area contributed by atoms with Crippen molar-refractivity contribution >= 4 is 18.3 Å². The minimum Gasteiger partial charge on any atom is -0.344 e. The van der Waals surface area contributed by atoms with Crippen molar-refractivity contribution in [3.63, 3.8) is 0 Å². The van der Waals surface area contributed by atoms with Gasteiger partial charge in [0.25, 0.3) is 5.91 Å². The van der Waals surface area contributed by atoms with Crippen molar-refractivity contribution in [3.8, 4) is 0 Å². The number of aromatic amines is 1. The summed E-state index contributed by atoms with van der Waals surface area (Å²) in [5, 5.41) is 9.98. The normalized spacial score (nSPS) is 14.6. The van der Waals surface area contributed by atoms with Crippen LogP contribution in [0.1, 0.15) is 57.7 Å². The summed E-state index contributed by atoms with van der Waals surface area (Å²) in [6.07, 6.45) is 0. The van der Waals surface area contributed by atoms with E-state index < -0.39 is 5.54 Å². The molecule has 116 valence electrons. The summed E-state index contributed by atoms with van der Waals surface area (Å²) >= 11 is 0. The van der Waals surface area contributed by atoms with Crippen LogP contribution in [0.15, 0.2) is 6.07 Å². The summed E-state index contributed by atoms with van der Waals surface area (Å²) in [7, 11) is 0. The fraction of sp³-hybridized carbons (Fsp3) is 0.714. The molecule has 0 saturated heterocycles. The van der Waals surface area contributed by atoms with Gasteiger partial charge in [-0.2, -0.15) is 5.10 Å². The highest BCUT2D eigenvalue weighted by Crippen LogP contribution is 2.21. The maximum atomic E-state index is 12.2. The molecule has 1 atom stereocenters. The van der Waals surface area contributed by atoms with E-state index in [0.717, 1.165) is 5.69 Å². The zero-order chi connectivity index (χ0) is 14.8. The van der Waals surface area contributed by atoms with E-state index in [1.807, 2.05) is 20.8 Å². The molecule has 0 aromatic carbocycles. The van der Waals surface area contributed by atoms with Crippen molar-refractivity contribution in [3.05, 3.63) is 17.5 Å². The number of carbonyl (C=O) groups is 1. The summed E-state index contributed by atoms with van der Waals surface area (Å²) in [4.78, 5) is 12.2. The van der Waals surface area contributed by atoms with Gasteiger partial charge in [-0.3, -0.25) is 9.89 Å². The van der Waals surface area contributed by atoms with Crippen LogP contribution >= 0.6 is 12.4 Å². The van der Waals surface area contributed by atoms with E-state index in [2.05, 4.69) is 36.3 Å². The summed E-state index contributed by atoms with van der Waals surface area (Å²) in [5.74, 6) is 0.0656. The molecule has 20 heavy (non-hydrogen) atoms. The smallest absolute Gasteiger partial charge is 0.272 e. The van der Waals surface area contributed by atoms with Gasteiger partial charge in [-0.05, 0) is 18.9 Å². The molecule has 0 radical (unpaired) electrons. The van der Waals surface area contributed by atoms with Gasteiger partial charge in [0.1, 0.15) is 5.69 Å². The third-order valence-electron chi connectivity index (χ3n) is 3.72. The van der Waals surface area contributed by atoms with Crippen LogP contribution in [-0.2, 0) is 5.41 Å². The van der Waals surface area contributed by atoms with E-state index in [0.29, 0.717) is 12.2 Å². The standard InChI is InChI=1S/C14H26N4O.ClH/c1-9(2)14(6,8-15)16-12(19)10-7-11(18-17-10)13(3,4)5;/h7,9H,8,15H2,1-6H3,(H,16,19)(H,17,18);1H. The Labute approximate surface area is 127 Å². The van der Waals surface area contributed by atoms with Gasteiger partial charge in [-0.1, -0.05) is 34.6 Å². The predicted molar refractivity (Wildman–Crippen MR) is 84.3 cm³/mol. The molecular formula is C14H27ClN4O. The van der Waals surface area contributed by atoms with Crippen molar-refractivity contribution in [2.45, 2.75) is 52.5 Å². The second-order valence-electron chi connectivity index (χ2n) is 6.65. The monoisotopic (exact) mass is 302 g/mol. The van der Waals surface area contributed by atoms with Gasteiger partial charge in [-0.25, -0.2) is 0 Å². The number of nitrogens with zero attached hydrogens (tertiary/aromatic N) is 1. The molecule has 0 fully saturated rings. The molecule has 1 aromatic rings. The Hall–Kier alpha value is -1.07. The van der Waals surface area contributed by atoms with Crippen LogP contribution in [-0.4, -0.2) is 28.2 Å². The van der Waals surface area contributed by atoms with Crippen molar-refractivity contribution in [1.29, 1.82) is 0 Å². The first-order valence-corrected chi connectivity index (χ1v) is 6.68. The molecule has 1 rings (SSSR count). The zero-order valence-electron chi connectivity index (χ0n) is 13.2. The van der Waals surface area contributed by atoms with Crippen molar-refractivity contribution in [1.82, 2.24) is 15.5 Å². The molecule has 0 spiro atoms. The van der Waals surface area contributed by atoms with E-state index in [9.17, 15) is 4.79 Å². The molecule has 1 amide bonds. The molecule has 6 heteroatoms. The molecule has 1 heterocycles. The highest BCUT2D eigenvalue weighted by atomic mass is 35.5. The van der Waals surface area contributed by atoms with E-state index in [4.69, 9.17) is 5.73 Å². The summed E-state index contributed by atoms with van der Waals surface area (Å²) in [6, 6.07) is 1.80. The van der Waals surface area contributed by atoms with Gasteiger partial charge in [-0.15, -0.1) is 12.4 Å². The van der Waals surface area contributed by atoms with Crippen molar-refractivity contribution in [2.24, 2.45) is 11.7 Å². The summed E-state index contributed by atoms with van der Waals surface area (Å²) in [6.45, 7) is 12.6. The molecule has 4 N–H and O–H groups in total. The molecule has 0 saturated carbocycles. The van der Waals surface area contributed by atoms with Crippen LogP contribution in [0.5, 0.6) is 0 Å². The Kier molecular flexibility index (Phi) is 6.24. The average molecular weight is 303 g/mol. The van der Waals surface area contributed by atoms with Gasteiger partial charge in [0.05, 0.1) is 5.54 Å². The zero-order valence-corrected chi connectivity index (χ0v) is 14.0. The van der Waals surface area contributed by atoms with Crippen LogP contribution < -0.4 is 11.1 Å². The molecule has 1 unspecified atom stereocenters. The second kappa shape index (κ2) is 6.59. The number of nitrogens with two attached hydrogens (primary N) is 1. The minimum absolute atomic E-state index is 0. The lowest BCUT2D eigenvalue weighted by molar-refractivity contribution is 0.0878. The van der Waals surface area contributed by atoms with Crippen LogP contribution in [0.4, 0.5) is 0 Å². The maximum Gasteiger partial charge on any atom is 0.272 e. The minimum atomic E-state index is -0.419. The number of carbonyl (C=O) groups excluding carboxylic acids is 1. The van der Waals surface area contributed by atoms with Crippen LogP contribution in [0, 0.1) is 5.92 Å². The Bertz CT molecular complexity index is 450. The molecular weight excluding hydrogens is 276 g/mol. The first kappa shape index (κ1) is 18.9. The van der Waals surface area contributed by atoms with Gasteiger partial charge in [0, 0.05) is 17.7 Å². The fourth-order valence-electron chi connectivity index (χ4n) is 1.58. The van der Waals surface area contributed by atoms with Crippen LogP contribution in [0.3, 0.4) is 0 Å². The Morgan fingerprint density at radius 1 is 1.40 bits per heavy atom. The lowest BCUT2D eigenvalue weighted by Gasteiger charge is -2.33.